The number of piperidine rings is 1. The van der Waals surface area contributed by atoms with Crippen LogP contribution in [0.25, 0.3) is 10.2 Å². The summed E-state index contributed by atoms with van der Waals surface area (Å²) in [5.41, 5.74) is 2.70. The van der Waals surface area contributed by atoms with Crippen molar-refractivity contribution in [2.75, 3.05) is 13.1 Å². The molecular weight excluding hydrogens is 398 g/mol. The molecule has 0 aliphatic carbocycles. The molecule has 4 rings (SSSR count). The number of hydrogen-bond acceptors (Lipinski definition) is 6. The van der Waals surface area contributed by atoms with E-state index in [1.165, 1.54) is 11.3 Å². The maximum Gasteiger partial charge on any atom is 0.274 e. The third kappa shape index (κ3) is 4.00. The number of halogens is 1. The number of aromatic nitrogens is 2. The number of benzene rings is 1. The molecule has 1 aromatic carbocycles. The Morgan fingerprint density at radius 2 is 2.14 bits per heavy atom. The van der Waals surface area contributed by atoms with E-state index in [0.29, 0.717) is 36.1 Å². The van der Waals surface area contributed by atoms with E-state index in [-0.39, 0.29) is 12.0 Å². The van der Waals surface area contributed by atoms with Gasteiger partial charge in [-0.05, 0) is 32.4 Å². The lowest BCUT2D eigenvalue weighted by Gasteiger charge is -2.31. The van der Waals surface area contributed by atoms with Crippen molar-refractivity contribution >= 4 is 39.1 Å². The fourth-order valence-electron chi connectivity index (χ4n) is 3.56. The van der Waals surface area contributed by atoms with Crippen LogP contribution in [-0.4, -0.2) is 40.1 Å². The maximum atomic E-state index is 12.5. The lowest BCUT2D eigenvalue weighted by Crippen LogP contribution is -2.41. The zero-order valence-electron chi connectivity index (χ0n) is 15.9. The lowest BCUT2D eigenvalue weighted by molar-refractivity contribution is -0.132. The molecule has 1 saturated heterocycles. The van der Waals surface area contributed by atoms with Crippen molar-refractivity contribution in [3.8, 4) is 5.19 Å². The average molecular weight is 420 g/mol. The minimum Gasteiger partial charge on any atom is -0.467 e. The van der Waals surface area contributed by atoms with E-state index in [1.54, 1.807) is 0 Å². The van der Waals surface area contributed by atoms with E-state index < -0.39 is 0 Å². The number of aryl methyl sites for hydroxylation is 2. The topological polar surface area (TPSA) is 68.5 Å². The molecule has 0 unspecified atom stereocenters. The van der Waals surface area contributed by atoms with Gasteiger partial charge in [-0.15, -0.1) is 0 Å². The molecule has 8 heteroatoms. The minimum absolute atomic E-state index is 0.0750. The van der Waals surface area contributed by atoms with Crippen LogP contribution in [-0.2, 0) is 11.2 Å². The largest absolute Gasteiger partial charge is 0.467 e. The summed E-state index contributed by atoms with van der Waals surface area (Å²) in [5, 5.41) is 5.23. The van der Waals surface area contributed by atoms with Crippen molar-refractivity contribution in [3.63, 3.8) is 0 Å². The molecule has 1 aliphatic rings. The van der Waals surface area contributed by atoms with Crippen molar-refractivity contribution in [1.29, 1.82) is 0 Å². The van der Waals surface area contributed by atoms with Gasteiger partial charge >= 0.3 is 0 Å². The van der Waals surface area contributed by atoms with E-state index in [2.05, 4.69) is 10.1 Å². The molecule has 3 heterocycles. The number of hydrogen-bond donors (Lipinski definition) is 0. The Hall–Kier alpha value is -2.12. The first kappa shape index (κ1) is 19.2. The summed E-state index contributed by atoms with van der Waals surface area (Å²) in [7, 11) is 0. The molecule has 0 atom stereocenters. The summed E-state index contributed by atoms with van der Waals surface area (Å²) < 4.78 is 12.3. The number of carbonyl (C=O) groups is 1. The molecule has 0 spiro atoms. The Morgan fingerprint density at radius 3 is 2.82 bits per heavy atom. The molecule has 6 nitrogen and oxygen atoms in total. The SMILES string of the molecule is Cc1noc(C)c1CCC(=O)N1CCC(Oc2nc3c(Cl)cccc3s2)CC1. The van der Waals surface area contributed by atoms with Gasteiger partial charge in [0.25, 0.3) is 5.19 Å². The van der Waals surface area contributed by atoms with Gasteiger partial charge in [0, 0.05) is 37.9 Å². The Kier molecular flexibility index (Phi) is 5.55. The second-order valence-corrected chi connectivity index (χ2v) is 8.47. The number of fused-ring (bicyclic) bond motifs is 1. The first-order valence-electron chi connectivity index (χ1n) is 9.42. The highest BCUT2D eigenvalue weighted by atomic mass is 35.5. The summed E-state index contributed by atoms with van der Waals surface area (Å²) in [4.78, 5) is 19.0. The molecule has 3 aromatic rings. The lowest BCUT2D eigenvalue weighted by atomic mass is 10.0. The van der Waals surface area contributed by atoms with Gasteiger partial charge in [-0.1, -0.05) is 34.2 Å². The van der Waals surface area contributed by atoms with E-state index in [4.69, 9.17) is 20.9 Å². The van der Waals surface area contributed by atoms with Crippen LogP contribution in [0.15, 0.2) is 22.7 Å². The molecule has 0 bridgehead atoms. The highest BCUT2D eigenvalue weighted by Crippen LogP contribution is 2.33. The number of likely N-dealkylation sites (tertiary alicyclic amines) is 1. The molecule has 2 aromatic heterocycles. The van der Waals surface area contributed by atoms with Crippen LogP contribution in [0.2, 0.25) is 5.02 Å². The maximum absolute atomic E-state index is 12.5. The van der Waals surface area contributed by atoms with E-state index in [1.807, 2.05) is 36.9 Å². The molecule has 148 valence electrons. The van der Waals surface area contributed by atoms with E-state index >= 15 is 0 Å². The van der Waals surface area contributed by atoms with Crippen LogP contribution >= 0.6 is 22.9 Å². The number of carbonyl (C=O) groups excluding carboxylic acids is 1. The Morgan fingerprint density at radius 1 is 1.36 bits per heavy atom. The van der Waals surface area contributed by atoms with Gasteiger partial charge in [-0.2, -0.15) is 0 Å². The highest BCUT2D eigenvalue weighted by Gasteiger charge is 2.25. The van der Waals surface area contributed by atoms with E-state index in [9.17, 15) is 4.79 Å². The van der Waals surface area contributed by atoms with Gasteiger partial charge in [0.1, 0.15) is 17.4 Å². The average Bonchev–Trinajstić information content (AvgIpc) is 3.24. The first-order chi connectivity index (χ1) is 13.5. The minimum atomic E-state index is 0.0750. The van der Waals surface area contributed by atoms with Gasteiger partial charge in [0.15, 0.2) is 0 Å². The molecule has 0 saturated carbocycles. The number of rotatable bonds is 5. The third-order valence-corrected chi connectivity index (χ3v) is 6.40. The molecular formula is C20H22ClN3O3S. The van der Waals surface area contributed by atoms with Gasteiger partial charge in [0.2, 0.25) is 5.91 Å². The Balaban J connectivity index is 1.29. The van der Waals surface area contributed by atoms with Gasteiger partial charge in [-0.25, -0.2) is 4.98 Å². The molecule has 1 amide bonds. The fourth-order valence-corrected chi connectivity index (χ4v) is 4.74. The second kappa shape index (κ2) is 8.09. The molecule has 1 aliphatic heterocycles. The number of nitrogens with zero attached hydrogens (tertiary/aromatic N) is 3. The van der Waals surface area contributed by atoms with Crippen LogP contribution in [0.5, 0.6) is 5.19 Å². The second-order valence-electron chi connectivity index (χ2n) is 7.07. The third-order valence-electron chi connectivity index (χ3n) is 5.18. The molecule has 1 fully saturated rings. The Labute approximate surface area is 172 Å². The summed E-state index contributed by atoms with van der Waals surface area (Å²) in [6.45, 7) is 5.21. The predicted molar refractivity (Wildman–Crippen MR) is 109 cm³/mol. The van der Waals surface area contributed by atoms with Gasteiger partial charge < -0.3 is 14.2 Å². The van der Waals surface area contributed by atoms with Crippen molar-refractivity contribution in [1.82, 2.24) is 15.0 Å². The highest BCUT2D eigenvalue weighted by molar-refractivity contribution is 7.20. The zero-order valence-corrected chi connectivity index (χ0v) is 17.5. The van der Waals surface area contributed by atoms with Crippen LogP contribution < -0.4 is 4.74 Å². The van der Waals surface area contributed by atoms with Crippen LogP contribution in [0.3, 0.4) is 0 Å². The quantitative estimate of drug-likeness (QED) is 0.606. The number of amides is 1. The van der Waals surface area contributed by atoms with Crippen LogP contribution in [0, 0.1) is 13.8 Å². The van der Waals surface area contributed by atoms with Crippen molar-refractivity contribution in [2.45, 2.75) is 45.6 Å². The summed E-state index contributed by atoms with van der Waals surface area (Å²) in [5.74, 6) is 0.971. The Bertz CT molecular complexity index is 972. The monoisotopic (exact) mass is 419 g/mol. The molecule has 0 radical (unpaired) electrons. The number of ether oxygens (including phenoxy) is 1. The molecule has 0 N–H and O–H groups in total. The number of thiazole rings is 1. The molecule has 28 heavy (non-hydrogen) atoms. The van der Waals surface area contributed by atoms with Crippen molar-refractivity contribution < 1.29 is 14.1 Å². The van der Waals surface area contributed by atoms with Crippen molar-refractivity contribution in [3.05, 3.63) is 40.2 Å². The zero-order chi connectivity index (χ0) is 19.7. The van der Waals surface area contributed by atoms with Gasteiger partial charge in [-0.3, -0.25) is 4.79 Å². The van der Waals surface area contributed by atoms with Gasteiger partial charge in [0.05, 0.1) is 15.4 Å². The van der Waals surface area contributed by atoms with E-state index in [0.717, 1.165) is 40.1 Å². The normalized spacial score (nSPS) is 15.3. The summed E-state index contributed by atoms with van der Waals surface area (Å²) >= 11 is 7.70. The fraction of sp³-hybridized carbons (Fsp3) is 0.450. The standard InChI is InChI=1S/C20H22ClN3O3S/c1-12-15(13(2)27-23-12)6-7-18(25)24-10-8-14(9-11-24)26-20-22-19-16(21)4-3-5-17(19)28-20/h3-5,14H,6-11H2,1-2H3. The summed E-state index contributed by atoms with van der Waals surface area (Å²) in [6.07, 6.45) is 2.83. The smallest absolute Gasteiger partial charge is 0.274 e. The van der Waals surface area contributed by atoms with Crippen LogP contribution in [0.1, 0.15) is 36.3 Å². The predicted octanol–water partition coefficient (Wildman–Crippen LogP) is 4.56. The summed E-state index contributed by atoms with van der Waals surface area (Å²) in [6, 6.07) is 5.74. The first-order valence-corrected chi connectivity index (χ1v) is 10.6. The number of para-hydroxylation sites is 1. The van der Waals surface area contributed by atoms with Crippen LogP contribution in [0.4, 0.5) is 0 Å². The van der Waals surface area contributed by atoms with Crippen molar-refractivity contribution in [2.24, 2.45) is 0 Å².